The summed E-state index contributed by atoms with van der Waals surface area (Å²) >= 11 is -2.73. The van der Waals surface area contributed by atoms with E-state index < -0.39 is 96.8 Å². The van der Waals surface area contributed by atoms with Gasteiger partial charge in [-0.15, -0.1) is 0 Å². The summed E-state index contributed by atoms with van der Waals surface area (Å²) < 4.78 is 77.9. The maximum absolute atomic E-state index is 13.6. The lowest BCUT2D eigenvalue weighted by atomic mass is 10.2. The lowest BCUT2D eigenvalue weighted by molar-refractivity contribution is -0.111. The normalized spacial score (nSPS) is 11.0. The molecule has 0 heterocycles. The fourth-order valence-corrected chi connectivity index (χ4v) is 5.35. The highest BCUT2D eigenvalue weighted by Crippen LogP contribution is 2.54. The quantitative estimate of drug-likeness (QED) is 0.157. The van der Waals surface area contributed by atoms with E-state index in [9.17, 15) is 24.2 Å². The van der Waals surface area contributed by atoms with Gasteiger partial charge in [0.2, 0.25) is 5.91 Å². The summed E-state index contributed by atoms with van der Waals surface area (Å²) in [4.78, 5) is 9.38. The van der Waals surface area contributed by atoms with Crippen molar-refractivity contribution in [2.45, 2.75) is 24.5 Å². The van der Waals surface area contributed by atoms with Crippen LogP contribution >= 0.6 is 60.7 Å². The van der Waals surface area contributed by atoms with Crippen LogP contribution in [0.3, 0.4) is 0 Å². The van der Waals surface area contributed by atoms with Crippen molar-refractivity contribution in [1.82, 2.24) is 0 Å². The van der Waals surface area contributed by atoms with Gasteiger partial charge in [-0.1, -0.05) is 18.7 Å². The third-order valence-corrected chi connectivity index (χ3v) is 7.21. The van der Waals surface area contributed by atoms with Crippen LogP contribution in [-0.2, 0) is 4.79 Å². The average molecular weight is 560 g/mol. The molecule has 0 fully saturated rings. The summed E-state index contributed by atoms with van der Waals surface area (Å²) in [6.45, 7) is 3.81. The zero-order valence-electron chi connectivity index (χ0n) is 16.5. The number of rotatable bonds is 12. The minimum Gasteiger partial charge on any atom is -0.493 e. The summed E-state index contributed by atoms with van der Waals surface area (Å²) in [7, 11) is 1.43. The second-order valence-electron chi connectivity index (χ2n) is 5.74. The second-order valence-corrected chi connectivity index (χ2v) is 8.55. The molecule has 14 heteroatoms. The van der Waals surface area contributed by atoms with Gasteiger partial charge in [0.1, 0.15) is 6.61 Å². The third kappa shape index (κ3) is 6.72. The van der Waals surface area contributed by atoms with E-state index in [1.807, 2.05) is 0 Å². The van der Waals surface area contributed by atoms with Gasteiger partial charge in [0.25, 0.3) is 0 Å². The van der Waals surface area contributed by atoms with Gasteiger partial charge in [0, 0.05) is 6.08 Å². The molecule has 0 bridgehead atoms. The van der Waals surface area contributed by atoms with Gasteiger partial charge in [0.05, 0.1) is 98.0 Å². The molecule has 33 heavy (non-hydrogen) atoms. The van der Waals surface area contributed by atoms with Gasteiger partial charge in [-0.2, -0.15) is 19.4 Å². The highest BCUT2D eigenvalue weighted by atomic mass is 32.2. The summed E-state index contributed by atoms with van der Waals surface area (Å²) in [5.41, 5.74) is 0.00539. The smallest absolute Gasteiger partial charge is 0.248 e. The Balaban J connectivity index is 2.38. The fourth-order valence-electron chi connectivity index (χ4n) is 2.50. The monoisotopic (exact) mass is 559 g/mol. The first-order valence-electron chi connectivity index (χ1n) is 8.57. The Hall–Kier alpha value is -1.61. The number of halogens is 5. The van der Waals surface area contributed by atoms with Gasteiger partial charge in [-0.25, -0.2) is 0 Å². The van der Waals surface area contributed by atoms with E-state index in [2.05, 4.69) is 11.9 Å². The van der Waals surface area contributed by atoms with Crippen molar-refractivity contribution in [1.29, 1.82) is 0 Å². The number of ether oxygens (including phenoxy) is 2. The molecule has 0 unspecified atom stereocenters. The van der Waals surface area contributed by atoms with Gasteiger partial charge < -0.3 is 14.8 Å². The molecule has 0 aliphatic rings. The molecule has 0 aromatic heterocycles. The van der Waals surface area contributed by atoms with Gasteiger partial charge in [-0.05, 0) is 23.8 Å². The van der Waals surface area contributed by atoms with Gasteiger partial charge in [-0.3, -0.25) is 4.79 Å². The zero-order chi connectivity index (χ0) is 24.4. The molecular formula is C19H14F5NO3S5. The molecule has 2 aromatic carbocycles. The molecular weight excluding hydrogens is 546 g/mol. The molecule has 1 N–H and O–H groups in total. The van der Waals surface area contributed by atoms with E-state index >= 15 is 0 Å². The molecule has 0 atom stereocenters. The summed E-state index contributed by atoms with van der Waals surface area (Å²) in [5.74, 6) is -0.0106. The second kappa shape index (κ2) is 13.9. The molecule has 2 aromatic rings. The van der Waals surface area contributed by atoms with Crippen LogP contribution in [0.5, 0.6) is 11.5 Å². The molecule has 0 saturated heterocycles. The minimum absolute atomic E-state index is 0.260. The molecule has 0 aliphatic heterocycles. The molecule has 0 saturated carbocycles. The molecule has 0 spiro atoms. The Labute approximate surface area is 209 Å². The largest absolute Gasteiger partial charge is 0.493 e. The lowest BCUT2D eigenvalue weighted by Gasteiger charge is -2.17. The number of amides is 1. The maximum atomic E-state index is 13.6. The van der Waals surface area contributed by atoms with Crippen molar-refractivity contribution in [2.75, 3.05) is 19.0 Å². The van der Waals surface area contributed by atoms with Crippen LogP contribution in [-0.4, -0.2) is 19.6 Å². The van der Waals surface area contributed by atoms with Crippen LogP contribution in [0.15, 0.2) is 61.4 Å². The maximum Gasteiger partial charge on any atom is 0.248 e. The number of hydrogen-bond donors (Lipinski definition) is 1. The van der Waals surface area contributed by atoms with E-state index in [1.54, 1.807) is 24.3 Å². The fraction of sp³-hybridized carbons (Fsp3) is 0.105. The average Bonchev–Trinajstić information content (AvgIpc) is 2.84. The summed E-state index contributed by atoms with van der Waals surface area (Å²) in [6, 6.07) is 4.81. The van der Waals surface area contributed by atoms with E-state index in [4.69, 9.17) is 9.47 Å². The Morgan fingerprint density at radius 3 is 1.97 bits per heavy atom. The van der Waals surface area contributed by atoms with Crippen molar-refractivity contribution in [3.05, 3.63) is 42.5 Å². The number of carbonyl (C=O) groups excluding carboxylic acids is 1. The number of benzene rings is 2. The lowest BCUT2D eigenvalue weighted by Crippen LogP contribution is -2.11. The number of methoxy groups -OCH3 is 1. The van der Waals surface area contributed by atoms with E-state index in [0.717, 1.165) is 6.08 Å². The van der Waals surface area contributed by atoms with Crippen molar-refractivity contribution in [3.8, 4) is 11.5 Å². The van der Waals surface area contributed by atoms with Crippen LogP contribution < -0.4 is 14.8 Å². The van der Waals surface area contributed by atoms with Crippen LogP contribution in [0.25, 0.3) is 6.08 Å². The standard InChI is InChI=1S/C19H14F5NO3S5/c1-3-8-28-11-6-4-10(9-12(11)27-2)5-7-13(26)25-14-15(29-20)17(31-22)19(33-24)18(32-23)16(14)30-21/h3-7,9H,1,8H2,2H3,(H,25,26). The molecule has 0 aliphatic carbocycles. The number of anilines is 1. The first-order chi connectivity index (χ1) is 16.0. The SMILES string of the molecule is C=CCOc1ccc(C=CC(=O)Nc2c(SF)c(SF)c(SF)c(SF)c2SF)cc1OC. The topological polar surface area (TPSA) is 47.6 Å². The van der Waals surface area contributed by atoms with Crippen LogP contribution in [0.4, 0.5) is 25.1 Å². The third-order valence-electron chi connectivity index (χ3n) is 3.88. The van der Waals surface area contributed by atoms with Crippen LogP contribution in [0, 0.1) is 0 Å². The number of carbonyl (C=O) groups is 1. The van der Waals surface area contributed by atoms with E-state index in [0.29, 0.717) is 17.1 Å². The van der Waals surface area contributed by atoms with Crippen molar-refractivity contribution in [3.63, 3.8) is 0 Å². The molecule has 1 amide bonds. The first-order valence-corrected chi connectivity index (χ1v) is 12.2. The number of nitrogens with one attached hydrogen (secondary N) is 1. The molecule has 4 nitrogen and oxygen atoms in total. The number of hydrogen-bond acceptors (Lipinski definition) is 8. The van der Waals surface area contributed by atoms with Crippen molar-refractivity contribution < 1.29 is 33.7 Å². The van der Waals surface area contributed by atoms with Gasteiger partial charge >= 0.3 is 0 Å². The molecule has 0 radical (unpaired) electrons. The van der Waals surface area contributed by atoms with Crippen LogP contribution in [0.2, 0.25) is 0 Å². The Morgan fingerprint density at radius 1 is 0.939 bits per heavy atom. The minimum atomic E-state index is -0.850. The van der Waals surface area contributed by atoms with Crippen LogP contribution in [0.1, 0.15) is 5.56 Å². The Kier molecular flexibility index (Phi) is 11.7. The van der Waals surface area contributed by atoms with E-state index in [-0.39, 0.29) is 6.61 Å². The van der Waals surface area contributed by atoms with Crippen molar-refractivity contribution in [2.24, 2.45) is 0 Å². The molecule has 2 rings (SSSR count). The molecule has 178 valence electrons. The van der Waals surface area contributed by atoms with E-state index in [1.165, 1.54) is 13.2 Å². The zero-order valence-corrected chi connectivity index (χ0v) is 20.6. The van der Waals surface area contributed by atoms with Gasteiger partial charge in [0.15, 0.2) is 11.5 Å². The first kappa shape index (κ1) is 27.6. The predicted molar refractivity (Wildman–Crippen MR) is 128 cm³/mol. The highest BCUT2D eigenvalue weighted by Gasteiger charge is 2.28. The van der Waals surface area contributed by atoms with Crippen molar-refractivity contribution >= 4 is 78.4 Å². The Morgan fingerprint density at radius 2 is 1.48 bits per heavy atom. The highest BCUT2D eigenvalue weighted by molar-refractivity contribution is 8.00. The summed E-state index contributed by atoms with van der Waals surface area (Å²) in [5, 5.41) is 2.21. The Bertz CT molecular complexity index is 1010. The predicted octanol–water partition coefficient (Wildman–Crippen LogP) is 8.79. The summed E-state index contributed by atoms with van der Waals surface area (Å²) in [6.07, 6.45) is 3.98.